The molecule has 0 spiro atoms. The number of esters is 1. The number of anilines is 1. The van der Waals surface area contributed by atoms with Gasteiger partial charge in [-0.25, -0.2) is 17.8 Å². The van der Waals surface area contributed by atoms with Crippen LogP contribution in [0.3, 0.4) is 0 Å². The van der Waals surface area contributed by atoms with Gasteiger partial charge in [-0.3, -0.25) is 9.78 Å². The molecule has 0 bridgehead atoms. The van der Waals surface area contributed by atoms with E-state index in [4.69, 9.17) is 9.72 Å². The van der Waals surface area contributed by atoms with Gasteiger partial charge < -0.3 is 9.64 Å². The van der Waals surface area contributed by atoms with Crippen LogP contribution in [0.4, 0.5) is 10.1 Å². The highest BCUT2D eigenvalue weighted by atomic mass is 32.2. The van der Waals surface area contributed by atoms with E-state index in [9.17, 15) is 17.6 Å². The number of pyridine rings is 1. The normalized spacial score (nSPS) is 26.4. The number of thiazole rings is 1. The van der Waals surface area contributed by atoms with Gasteiger partial charge in [0.05, 0.1) is 41.3 Å². The van der Waals surface area contributed by atoms with Crippen LogP contribution in [0, 0.1) is 23.6 Å². The first-order chi connectivity index (χ1) is 17.8. The lowest BCUT2D eigenvalue weighted by Gasteiger charge is -2.29. The molecule has 4 atom stereocenters. The summed E-state index contributed by atoms with van der Waals surface area (Å²) in [5.41, 5.74) is 3.42. The lowest BCUT2D eigenvalue weighted by Crippen LogP contribution is -2.40. The molecule has 0 radical (unpaired) electrons. The number of hydrogen-bond donors (Lipinski definition) is 0. The van der Waals surface area contributed by atoms with Crippen molar-refractivity contribution in [3.8, 4) is 21.0 Å². The molecule has 2 saturated carbocycles. The number of hydrogen-bond acceptors (Lipinski definition) is 8. The Hall–Kier alpha value is -2.85. The molecule has 2 aromatic heterocycles. The fourth-order valence-electron chi connectivity index (χ4n) is 5.82. The second kappa shape index (κ2) is 9.47. The number of methoxy groups -OCH3 is 1. The van der Waals surface area contributed by atoms with Crippen molar-refractivity contribution < 1.29 is 22.3 Å². The third-order valence-corrected chi connectivity index (χ3v) is 10.7. The van der Waals surface area contributed by atoms with Gasteiger partial charge in [0.1, 0.15) is 10.8 Å². The molecule has 0 amide bonds. The molecule has 3 aromatic rings. The predicted molar refractivity (Wildman–Crippen MR) is 141 cm³/mol. The van der Waals surface area contributed by atoms with E-state index in [0.717, 1.165) is 41.1 Å². The summed E-state index contributed by atoms with van der Waals surface area (Å²) in [6, 6.07) is 9.51. The SMILES string of the molecule is COC(=O)[C@@H]1CC2CC2C[C@H]1c1nc(-c2cncc(F)c2)sc1-c1ccc(N2CCS(=O)(=O)CC2)cc1. The van der Waals surface area contributed by atoms with Crippen molar-refractivity contribution in [3.05, 3.63) is 54.2 Å². The van der Waals surface area contributed by atoms with Gasteiger partial charge in [0.15, 0.2) is 9.84 Å². The third kappa shape index (κ3) is 4.88. The lowest BCUT2D eigenvalue weighted by molar-refractivity contribution is -0.147. The van der Waals surface area contributed by atoms with Crippen LogP contribution in [0.5, 0.6) is 0 Å². The monoisotopic (exact) mass is 541 g/mol. The number of fused-ring (bicyclic) bond motifs is 1. The molecule has 2 aliphatic carbocycles. The summed E-state index contributed by atoms with van der Waals surface area (Å²) in [6.07, 6.45) is 5.63. The molecule has 6 rings (SSSR count). The van der Waals surface area contributed by atoms with Gasteiger partial charge in [-0.15, -0.1) is 11.3 Å². The molecule has 1 saturated heterocycles. The highest BCUT2D eigenvalue weighted by Crippen LogP contribution is 2.58. The van der Waals surface area contributed by atoms with Crippen LogP contribution < -0.4 is 4.90 Å². The predicted octanol–water partition coefficient (Wildman–Crippen LogP) is 4.55. The first-order valence-electron chi connectivity index (χ1n) is 12.6. The zero-order valence-corrected chi connectivity index (χ0v) is 22.1. The highest BCUT2D eigenvalue weighted by molar-refractivity contribution is 7.91. The first-order valence-corrected chi connectivity index (χ1v) is 15.2. The summed E-state index contributed by atoms with van der Waals surface area (Å²) >= 11 is 1.48. The van der Waals surface area contributed by atoms with E-state index in [0.29, 0.717) is 35.5 Å². The maximum Gasteiger partial charge on any atom is 0.309 e. The minimum atomic E-state index is -2.95. The number of carbonyl (C=O) groups is 1. The molecule has 7 nitrogen and oxygen atoms in total. The fourth-order valence-corrected chi connectivity index (χ4v) is 8.14. The van der Waals surface area contributed by atoms with E-state index in [1.807, 2.05) is 24.3 Å². The number of rotatable bonds is 5. The Bertz CT molecular complexity index is 1430. The Kier molecular flexibility index (Phi) is 6.27. The molecular formula is C27H28FN3O4S2. The third-order valence-electron chi connectivity index (χ3n) is 7.97. The number of nitrogens with zero attached hydrogens (tertiary/aromatic N) is 3. The summed E-state index contributed by atoms with van der Waals surface area (Å²) in [7, 11) is -1.51. The van der Waals surface area contributed by atoms with Crippen LogP contribution in [0.15, 0.2) is 42.7 Å². The summed E-state index contributed by atoms with van der Waals surface area (Å²) in [5, 5.41) is 0.670. The molecule has 1 aliphatic heterocycles. The highest BCUT2D eigenvalue weighted by Gasteiger charge is 2.50. The van der Waals surface area contributed by atoms with Crippen LogP contribution in [0.2, 0.25) is 0 Å². The van der Waals surface area contributed by atoms with E-state index in [-0.39, 0.29) is 29.3 Å². The van der Waals surface area contributed by atoms with Crippen LogP contribution >= 0.6 is 11.3 Å². The van der Waals surface area contributed by atoms with E-state index < -0.39 is 15.7 Å². The van der Waals surface area contributed by atoms with Crippen molar-refractivity contribution in [2.24, 2.45) is 17.8 Å². The van der Waals surface area contributed by atoms with Crippen LogP contribution in [0.1, 0.15) is 30.9 Å². The molecule has 37 heavy (non-hydrogen) atoms. The van der Waals surface area contributed by atoms with Gasteiger partial charge in [0.2, 0.25) is 0 Å². The summed E-state index contributed by atoms with van der Waals surface area (Å²) in [5.74, 6) is 0.592. The van der Waals surface area contributed by atoms with Gasteiger partial charge in [-0.1, -0.05) is 12.1 Å². The zero-order valence-electron chi connectivity index (χ0n) is 20.5. The quantitative estimate of drug-likeness (QED) is 0.438. The summed E-state index contributed by atoms with van der Waals surface area (Å²) in [6.45, 7) is 0.964. The number of benzene rings is 1. The Balaban J connectivity index is 1.38. The van der Waals surface area contributed by atoms with Crippen molar-refractivity contribution in [1.82, 2.24) is 9.97 Å². The number of ether oxygens (including phenoxy) is 1. The number of aromatic nitrogens is 2. The molecule has 10 heteroatoms. The van der Waals surface area contributed by atoms with Crippen LogP contribution in [-0.2, 0) is 19.4 Å². The summed E-state index contributed by atoms with van der Waals surface area (Å²) < 4.78 is 42.8. The molecule has 194 valence electrons. The van der Waals surface area contributed by atoms with E-state index in [1.165, 1.54) is 30.7 Å². The second-order valence-electron chi connectivity index (χ2n) is 10.3. The first kappa shape index (κ1) is 24.5. The molecule has 3 fully saturated rings. The van der Waals surface area contributed by atoms with Gasteiger partial charge in [-0.05, 0) is 54.9 Å². The molecule has 3 heterocycles. The van der Waals surface area contributed by atoms with E-state index in [2.05, 4.69) is 9.88 Å². The van der Waals surface area contributed by atoms with E-state index >= 15 is 0 Å². The maximum absolute atomic E-state index is 14.0. The lowest BCUT2D eigenvalue weighted by atomic mass is 9.77. The Morgan fingerprint density at radius 3 is 2.49 bits per heavy atom. The molecule has 3 aliphatic rings. The van der Waals surface area contributed by atoms with Crippen LogP contribution in [-0.4, -0.2) is 56.1 Å². The van der Waals surface area contributed by atoms with Crippen molar-refractivity contribution in [1.29, 1.82) is 0 Å². The zero-order chi connectivity index (χ0) is 25.7. The topological polar surface area (TPSA) is 89.5 Å². The van der Waals surface area contributed by atoms with Gasteiger partial charge >= 0.3 is 5.97 Å². The molecule has 0 N–H and O–H groups in total. The van der Waals surface area contributed by atoms with Crippen molar-refractivity contribution in [3.63, 3.8) is 0 Å². The minimum Gasteiger partial charge on any atom is -0.469 e. The Morgan fingerprint density at radius 2 is 1.78 bits per heavy atom. The molecular weight excluding hydrogens is 513 g/mol. The van der Waals surface area contributed by atoms with Crippen molar-refractivity contribution in [2.45, 2.75) is 25.2 Å². The largest absolute Gasteiger partial charge is 0.469 e. The average Bonchev–Trinajstić information content (AvgIpc) is 3.53. The summed E-state index contributed by atoms with van der Waals surface area (Å²) in [4.78, 5) is 24.8. The van der Waals surface area contributed by atoms with E-state index in [1.54, 1.807) is 6.20 Å². The Labute approximate surface area is 219 Å². The minimum absolute atomic E-state index is 0.0651. The average molecular weight is 542 g/mol. The fraction of sp³-hybridized carbons (Fsp3) is 0.444. The van der Waals surface area contributed by atoms with Gasteiger partial charge in [0, 0.05) is 36.5 Å². The number of carbonyl (C=O) groups excluding carboxylic acids is 1. The van der Waals surface area contributed by atoms with Crippen molar-refractivity contribution in [2.75, 3.05) is 36.6 Å². The van der Waals surface area contributed by atoms with Gasteiger partial charge in [0.25, 0.3) is 0 Å². The number of halogens is 1. The molecule has 1 aromatic carbocycles. The van der Waals surface area contributed by atoms with Crippen molar-refractivity contribution >= 4 is 32.8 Å². The number of sulfone groups is 1. The molecule has 2 unspecified atom stereocenters. The van der Waals surface area contributed by atoms with Gasteiger partial charge in [-0.2, -0.15) is 0 Å². The smallest absolute Gasteiger partial charge is 0.309 e. The van der Waals surface area contributed by atoms with Crippen LogP contribution in [0.25, 0.3) is 21.0 Å². The second-order valence-corrected chi connectivity index (χ2v) is 13.6. The maximum atomic E-state index is 14.0. The Morgan fingerprint density at radius 1 is 1.05 bits per heavy atom. The standard InChI is InChI=1S/C27H28FN3O4S2/c1-35-27(32)23-13-18-10-17(18)12-22(23)24-25(36-26(30-24)19-11-20(28)15-29-14-19)16-2-4-21(5-3-16)31-6-8-37(33,34)9-7-31/h2-5,11,14-15,17-18,22-23H,6-10,12-13H2,1H3/t17?,18?,22-,23-/m1/s1.